The average Bonchev–Trinajstić information content (AvgIpc) is 2.76. The van der Waals surface area contributed by atoms with Crippen molar-refractivity contribution in [3.63, 3.8) is 0 Å². The van der Waals surface area contributed by atoms with Crippen LogP contribution in [0.2, 0.25) is 0 Å². The summed E-state index contributed by atoms with van der Waals surface area (Å²) in [5.74, 6) is 1.65. The molecule has 2 aromatic carbocycles. The second-order valence-corrected chi connectivity index (χ2v) is 8.30. The Morgan fingerprint density at radius 1 is 1.00 bits per heavy atom. The number of carbonyl (C=O) groups excluding carboxylic acids is 1. The Kier molecular flexibility index (Phi) is 7.34. The molecule has 1 aliphatic rings. The lowest BCUT2D eigenvalue weighted by Crippen LogP contribution is -3.29. The molecule has 1 amide bonds. The minimum Gasteiger partial charge on any atom is -0.493 e. The van der Waals surface area contributed by atoms with Crippen LogP contribution in [-0.2, 0) is 11.3 Å². The number of nitrogens with one attached hydrogen (secondary N) is 3. The molecule has 0 spiro atoms. The van der Waals surface area contributed by atoms with Crippen molar-refractivity contribution in [3.05, 3.63) is 53.1 Å². The molecule has 0 radical (unpaired) electrons. The van der Waals surface area contributed by atoms with Gasteiger partial charge in [0.15, 0.2) is 17.5 Å². The molecule has 1 saturated heterocycles. The number of amides is 1. The molecule has 1 aliphatic heterocycles. The van der Waals surface area contributed by atoms with Gasteiger partial charge in [0.1, 0.15) is 32.7 Å². The van der Waals surface area contributed by atoms with Gasteiger partial charge >= 0.3 is 0 Å². The Balaban J connectivity index is 1.54. The molecule has 1 heterocycles. The van der Waals surface area contributed by atoms with E-state index in [9.17, 15) is 4.79 Å². The fraction of sp³-hybridized carbons (Fsp3) is 0.458. The normalized spacial score (nSPS) is 19.8. The first-order chi connectivity index (χ1) is 14.4. The van der Waals surface area contributed by atoms with Crippen LogP contribution < -0.4 is 24.6 Å². The van der Waals surface area contributed by atoms with Crippen molar-refractivity contribution in [3.8, 4) is 11.5 Å². The second-order valence-electron chi connectivity index (χ2n) is 8.30. The van der Waals surface area contributed by atoms with Gasteiger partial charge in [-0.25, -0.2) is 0 Å². The van der Waals surface area contributed by atoms with Crippen molar-refractivity contribution in [2.75, 3.05) is 45.7 Å². The smallest absolute Gasteiger partial charge is 0.282 e. The van der Waals surface area contributed by atoms with Crippen molar-refractivity contribution in [2.45, 2.75) is 33.4 Å². The molecule has 1 atom stereocenters. The predicted molar refractivity (Wildman–Crippen MR) is 119 cm³/mol. The molecule has 3 N–H and O–H groups in total. The zero-order valence-electron chi connectivity index (χ0n) is 18.8. The standard InChI is InChI=1S/C24H33N3O3/c1-17-6-8-21(9-7-17)25-24(28)19(3)27-12-10-26(11-13-27)16-20-15-23(30-5)22(29-4)14-18(20)2/h6-9,14-15,19H,10-13,16H2,1-5H3,(H,25,28)/p+2/t19-/m1/s1. The van der Waals surface area contributed by atoms with Crippen LogP contribution in [-0.4, -0.2) is 52.3 Å². The maximum atomic E-state index is 12.7. The third-order valence-corrected chi connectivity index (χ3v) is 6.21. The van der Waals surface area contributed by atoms with Crippen LogP contribution in [0.5, 0.6) is 11.5 Å². The molecule has 0 aromatic heterocycles. The zero-order chi connectivity index (χ0) is 21.7. The first kappa shape index (κ1) is 22.1. The average molecular weight is 414 g/mol. The van der Waals surface area contributed by atoms with Gasteiger partial charge in [0, 0.05) is 11.3 Å². The zero-order valence-corrected chi connectivity index (χ0v) is 18.8. The molecule has 162 valence electrons. The Hall–Kier alpha value is -2.57. The topological polar surface area (TPSA) is 56.4 Å². The van der Waals surface area contributed by atoms with Gasteiger partial charge in [0.05, 0.1) is 14.2 Å². The first-order valence-corrected chi connectivity index (χ1v) is 10.7. The van der Waals surface area contributed by atoms with E-state index in [-0.39, 0.29) is 11.9 Å². The van der Waals surface area contributed by atoms with E-state index >= 15 is 0 Å². The van der Waals surface area contributed by atoms with E-state index in [2.05, 4.69) is 18.3 Å². The summed E-state index contributed by atoms with van der Waals surface area (Å²) in [5.41, 5.74) is 4.57. The van der Waals surface area contributed by atoms with Gasteiger partial charge in [-0.1, -0.05) is 17.7 Å². The van der Waals surface area contributed by atoms with E-state index in [1.54, 1.807) is 19.1 Å². The van der Waals surface area contributed by atoms with Gasteiger partial charge in [-0.15, -0.1) is 0 Å². The molecule has 6 heteroatoms. The monoisotopic (exact) mass is 413 g/mol. The van der Waals surface area contributed by atoms with Crippen LogP contribution in [0.3, 0.4) is 0 Å². The van der Waals surface area contributed by atoms with Crippen LogP contribution in [0.25, 0.3) is 0 Å². The Bertz CT molecular complexity index is 859. The molecular formula is C24H35N3O3+2. The molecule has 0 bridgehead atoms. The lowest BCUT2D eigenvalue weighted by atomic mass is 10.1. The number of piperazine rings is 1. The number of methoxy groups -OCH3 is 2. The number of hydrogen-bond acceptors (Lipinski definition) is 3. The fourth-order valence-electron chi connectivity index (χ4n) is 4.09. The van der Waals surface area contributed by atoms with Gasteiger partial charge < -0.3 is 24.6 Å². The molecule has 3 rings (SSSR count). The van der Waals surface area contributed by atoms with Gasteiger partial charge in [-0.2, -0.15) is 0 Å². The van der Waals surface area contributed by atoms with Crippen LogP contribution in [0.1, 0.15) is 23.6 Å². The largest absolute Gasteiger partial charge is 0.493 e. The fourth-order valence-corrected chi connectivity index (χ4v) is 4.09. The number of rotatable bonds is 7. The van der Waals surface area contributed by atoms with Crippen molar-refractivity contribution < 1.29 is 24.1 Å². The summed E-state index contributed by atoms with van der Waals surface area (Å²) >= 11 is 0. The number of quaternary nitrogens is 2. The van der Waals surface area contributed by atoms with Crippen LogP contribution >= 0.6 is 0 Å². The van der Waals surface area contributed by atoms with E-state index < -0.39 is 0 Å². The van der Waals surface area contributed by atoms with Crippen molar-refractivity contribution in [1.29, 1.82) is 0 Å². The lowest BCUT2D eigenvalue weighted by molar-refractivity contribution is -1.02. The molecule has 2 aromatic rings. The van der Waals surface area contributed by atoms with E-state index in [0.29, 0.717) is 0 Å². The maximum Gasteiger partial charge on any atom is 0.282 e. The third kappa shape index (κ3) is 5.32. The quantitative estimate of drug-likeness (QED) is 0.624. The summed E-state index contributed by atoms with van der Waals surface area (Å²) in [4.78, 5) is 15.6. The lowest BCUT2D eigenvalue weighted by Gasteiger charge is -2.33. The summed E-state index contributed by atoms with van der Waals surface area (Å²) in [5, 5.41) is 3.06. The highest BCUT2D eigenvalue weighted by Crippen LogP contribution is 2.29. The van der Waals surface area contributed by atoms with Crippen LogP contribution in [0.15, 0.2) is 36.4 Å². The number of benzene rings is 2. The van der Waals surface area contributed by atoms with Gasteiger partial charge in [-0.3, -0.25) is 4.79 Å². The maximum absolute atomic E-state index is 12.7. The molecule has 0 saturated carbocycles. The Labute approximate surface area is 179 Å². The minimum atomic E-state index is -0.0596. The van der Waals surface area contributed by atoms with Crippen molar-refractivity contribution in [2.24, 2.45) is 0 Å². The van der Waals surface area contributed by atoms with Gasteiger partial charge in [0.25, 0.3) is 5.91 Å². The number of carbonyl (C=O) groups is 1. The second kappa shape index (κ2) is 9.96. The summed E-state index contributed by atoms with van der Waals surface area (Å²) in [6, 6.07) is 12.0. The van der Waals surface area contributed by atoms with Crippen LogP contribution in [0, 0.1) is 13.8 Å². The summed E-state index contributed by atoms with van der Waals surface area (Å²) < 4.78 is 10.9. The van der Waals surface area contributed by atoms with Crippen molar-refractivity contribution >= 4 is 11.6 Å². The van der Waals surface area contributed by atoms with E-state index in [4.69, 9.17) is 9.47 Å². The Morgan fingerprint density at radius 2 is 1.60 bits per heavy atom. The molecule has 0 aliphatic carbocycles. The number of anilines is 1. The predicted octanol–water partition coefficient (Wildman–Crippen LogP) is 0.631. The van der Waals surface area contributed by atoms with E-state index in [0.717, 1.165) is 49.9 Å². The molecule has 6 nitrogen and oxygen atoms in total. The third-order valence-electron chi connectivity index (χ3n) is 6.21. The SMILES string of the molecule is COc1cc(C)c(C[NH+]2CC[NH+]([C@H](C)C(=O)Nc3ccc(C)cc3)CC2)cc1OC. The minimum absolute atomic E-state index is 0.0596. The van der Waals surface area contributed by atoms with Crippen LogP contribution in [0.4, 0.5) is 5.69 Å². The van der Waals surface area contributed by atoms with E-state index in [1.807, 2.05) is 44.2 Å². The summed E-state index contributed by atoms with van der Waals surface area (Å²) in [7, 11) is 3.34. The molecule has 1 fully saturated rings. The molecular weight excluding hydrogens is 378 g/mol. The highest BCUT2D eigenvalue weighted by Gasteiger charge is 2.31. The number of ether oxygens (including phenoxy) is 2. The molecule has 30 heavy (non-hydrogen) atoms. The number of hydrogen-bond donors (Lipinski definition) is 3. The first-order valence-electron chi connectivity index (χ1n) is 10.7. The Morgan fingerprint density at radius 3 is 2.20 bits per heavy atom. The number of aryl methyl sites for hydroxylation is 2. The summed E-state index contributed by atoms with van der Waals surface area (Å²) in [6.07, 6.45) is 0. The van der Waals surface area contributed by atoms with Crippen molar-refractivity contribution in [1.82, 2.24) is 0 Å². The molecule has 0 unspecified atom stereocenters. The summed E-state index contributed by atoms with van der Waals surface area (Å²) in [6.45, 7) is 11.2. The van der Waals surface area contributed by atoms with Gasteiger partial charge in [0.2, 0.25) is 0 Å². The van der Waals surface area contributed by atoms with E-state index in [1.165, 1.54) is 21.6 Å². The highest BCUT2D eigenvalue weighted by atomic mass is 16.5. The van der Waals surface area contributed by atoms with Gasteiger partial charge in [-0.05, 0) is 50.6 Å². The highest BCUT2D eigenvalue weighted by molar-refractivity contribution is 5.93.